The number of rotatable bonds is 14. The monoisotopic (exact) mass is 502 g/mol. The molecule has 0 aromatic rings. The van der Waals surface area contributed by atoms with Gasteiger partial charge in [-0.25, -0.2) is 4.79 Å². The van der Waals surface area contributed by atoms with Crippen molar-refractivity contribution in [1.29, 1.82) is 0 Å². The van der Waals surface area contributed by atoms with Crippen molar-refractivity contribution in [3.63, 3.8) is 0 Å². The van der Waals surface area contributed by atoms with Crippen LogP contribution in [0.25, 0.3) is 0 Å². The minimum atomic E-state index is -1.89. The molecule has 1 heterocycles. The lowest BCUT2D eigenvalue weighted by Crippen LogP contribution is -2.65. The predicted molar refractivity (Wildman–Crippen MR) is 132 cm³/mol. The van der Waals surface area contributed by atoms with Crippen LogP contribution in [0.2, 0.25) is 0 Å². The summed E-state index contributed by atoms with van der Waals surface area (Å²) in [6, 6.07) is -2.02. The first kappa shape index (κ1) is 30.4. The van der Waals surface area contributed by atoms with Crippen molar-refractivity contribution in [1.82, 2.24) is 4.90 Å². The number of carbonyl (C=O) groups excluding carboxylic acids is 3. The molecule has 0 bridgehead atoms. The lowest BCUT2D eigenvalue weighted by atomic mass is 9.86. The second-order valence-corrected chi connectivity index (χ2v) is 11.0. The van der Waals surface area contributed by atoms with Crippen LogP contribution < -0.4 is 5.73 Å². The number of unbranched alkanes of at least 4 members (excludes halogenated alkanes) is 2. The summed E-state index contributed by atoms with van der Waals surface area (Å²) in [5.41, 5.74) is 3.25. The molecule has 1 aliphatic heterocycles. The summed E-state index contributed by atoms with van der Waals surface area (Å²) in [4.78, 5) is 52.7. The molecule has 0 aromatic carbocycles. The summed E-state index contributed by atoms with van der Waals surface area (Å²) in [6.45, 7) is 10.9. The van der Waals surface area contributed by atoms with Crippen LogP contribution >= 0.6 is 11.8 Å². The molecule has 1 rings (SSSR count). The van der Waals surface area contributed by atoms with E-state index < -0.39 is 46.2 Å². The Morgan fingerprint density at radius 2 is 1.79 bits per heavy atom. The number of nitrogens with two attached hydrogens (primary N) is 1. The normalized spacial score (nSPS) is 21.5. The average molecular weight is 503 g/mol. The number of likely N-dealkylation sites (tertiary alicyclic amines) is 1. The lowest BCUT2D eigenvalue weighted by molar-refractivity contribution is -0.162. The molecule has 0 radical (unpaired) electrons. The van der Waals surface area contributed by atoms with Crippen LogP contribution in [0.4, 0.5) is 0 Å². The first-order valence-electron chi connectivity index (χ1n) is 12.1. The molecule has 10 heteroatoms. The summed E-state index contributed by atoms with van der Waals surface area (Å²) >= 11 is 1.25. The molecule has 1 fully saturated rings. The first-order valence-corrected chi connectivity index (χ1v) is 13.2. The van der Waals surface area contributed by atoms with Gasteiger partial charge in [0.2, 0.25) is 0 Å². The highest BCUT2D eigenvalue weighted by atomic mass is 32.2. The summed E-state index contributed by atoms with van der Waals surface area (Å²) < 4.78 is 10.8. The van der Waals surface area contributed by atoms with Crippen molar-refractivity contribution in [3.05, 3.63) is 0 Å². The number of hydrogen-bond donors (Lipinski definition) is 2. The Morgan fingerprint density at radius 3 is 2.29 bits per heavy atom. The quantitative estimate of drug-likeness (QED) is 0.207. The van der Waals surface area contributed by atoms with Gasteiger partial charge in [0.25, 0.3) is 0 Å². The minimum Gasteiger partial charge on any atom is -0.480 e. The minimum absolute atomic E-state index is 0.0648. The van der Waals surface area contributed by atoms with E-state index in [-0.39, 0.29) is 31.3 Å². The van der Waals surface area contributed by atoms with E-state index in [9.17, 15) is 24.3 Å². The zero-order chi connectivity index (χ0) is 26.1. The van der Waals surface area contributed by atoms with Gasteiger partial charge >= 0.3 is 17.9 Å². The summed E-state index contributed by atoms with van der Waals surface area (Å²) in [5, 5.41) is 9.58. The van der Waals surface area contributed by atoms with E-state index >= 15 is 0 Å². The Labute approximate surface area is 207 Å². The van der Waals surface area contributed by atoms with Crippen molar-refractivity contribution in [2.45, 2.75) is 109 Å². The van der Waals surface area contributed by atoms with E-state index in [0.29, 0.717) is 12.8 Å². The number of aliphatic carboxylic acids is 1. The number of hydrogen-bond acceptors (Lipinski definition) is 9. The van der Waals surface area contributed by atoms with E-state index in [0.717, 1.165) is 19.3 Å². The maximum atomic E-state index is 13.0. The molecular weight excluding hydrogens is 460 g/mol. The molecule has 0 aliphatic carbocycles. The van der Waals surface area contributed by atoms with E-state index in [1.807, 2.05) is 0 Å². The largest absolute Gasteiger partial charge is 0.480 e. The third-order valence-corrected chi connectivity index (χ3v) is 7.07. The standard InChI is InChI=1S/C24H42N2O7S/c1-7-9-10-12-18(21(29)33-23(4,5)6)34-15-17(20(28)32-8-2)26-14-11-13-24(26,22(30)31)19(27)16(3)25/h16-18H,7-15,25H2,1-6H3,(H,30,31)/t16?,17-,18-,24?/m0/s1. The van der Waals surface area contributed by atoms with Crippen LogP contribution in [0.5, 0.6) is 0 Å². The molecule has 3 N–H and O–H groups in total. The van der Waals surface area contributed by atoms with Gasteiger partial charge in [0.1, 0.15) is 16.9 Å². The molecule has 1 saturated heterocycles. The van der Waals surface area contributed by atoms with Crippen molar-refractivity contribution in [3.8, 4) is 0 Å². The molecule has 0 spiro atoms. The molecule has 4 atom stereocenters. The highest BCUT2D eigenvalue weighted by Gasteiger charge is 2.57. The van der Waals surface area contributed by atoms with Crippen molar-refractivity contribution in [2.24, 2.45) is 5.73 Å². The van der Waals surface area contributed by atoms with Gasteiger partial charge in [0, 0.05) is 12.3 Å². The average Bonchev–Trinajstić information content (AvgIpc) is 3.16. The second-order valence-electron chi connectivity index (χ2n) is 9.73. The van der Waals surface area contributed by atoms with Crippen LogP contribution in [-0.4, -0.2) is 81.1 Å². The highest BCUT2D eigenvalue weighted by molar-refractivity contribution is 8.00. The molecule has 196 valence electrons. The number of nitrogens with zero attached hydrogens (tertiary/aromatic N) is 1. The lowest BCUT2D eigenvalue weighted by Gasteiger charge is -2.38. The Kier molecular flexibility index (Phi) is 12.0. The first-order chi connectivity index (χ1) is 15.8. The SMILES string of the molecule is CCCCC[C@H](SC[C@@H](C(=O)OCC)N1CCCC1(C(=O)O)C(=O)C(C)N)C(=O)OC(C)(C)C. The summed E-state index contributed by atoms with van der Waals surface area (Å²) in [5.74, 6) is -2.84. The zero-order valence-electron chi connectivity index (χ0n) is 21.4. The molecule has 2 unspecified atom stereocenters. The number of Topliss-reactive ketones (excluding diaryl/α,β-unsaturated/α-hetero) is 1. The van der Waals surface area contributed by atoms with E-state index in [1.165, 1.54) is 23.6 Å². The van der Waals surface area contributed by atoms with Gasteiger partial charge in [0.15, 0.2) is 11.3 Å². The van der Waals surface area contributed by atoms with Gasteiger partial charge < -0.3 is 20.3 Å². The van der Waals surface area contributed by atoms with Crippen molar-refractivity contribution >= 4 is 35.5 Å². The van der Waals surface area contributed by atoms with Gasteiger partial charge in [-0.15, -0.1) is 11.8 Å². The molecule has 34 heavy (non-hydrogen) atoms. The molecule has 0 amide bonds. The number of carboxylic acids is 1. The number of carboxylic acid groups (broad SMARTS) is 1. The van der Waals surface area contributed by atoms with Gasteiger partial charge in [-0.05, 0) is 53.9 Å². The topological polar surface area (TPSA) is 136 Å². The highest BCUT2D eigenvalue weighted by Crippen LogP contribution is 2.36. The Morgan fingerprint density at radius 1 is 1.15 bits per heavy atom. The van der Waals surface area contributed by atoms with Crippen LogP contribution in [0.3, 0.4) is 0 Å². The Hall–Kier alpha value is -1.65. The van der Waals surface area contributed by atoms with Crippen molar-refractivity contribution in [2.75, 3.05) is 18.9 Å². The smallest absolute Gasteiger partial charge is 0.332 e. The fourth-order valence-electron chi connectivity index (χ4n) is 4.19. The Bertz CT molecular complexity index is 723. The van der Waals surface area contributed by atoms with Crippen LogP contribution in [-0.2, 0) is 28.7 Å². The summed E-state index contributed by atoms with van der Waals surface area (Å²) in [6.07, 6.45) is 3.84. The molecule has 0 saturated carbocycles. The fraction of sp³-hybridized carbons (Fsp3) is 0.833. The van der Waals surface area contributed by atoms with E-state index in [2.05, 4.69) is 6.92 Å². The number of thioether (sulfide) groups is 1. The zero-order valence-corrected chi connectivity index (χ0v) is 22.2. The van der Waals surface area contributed by atoms with Crippen LogP contribution in [0.1, 0.15) is 80.1 Å². The van der Waals surface area contributed by atoms with Gasteiger partial charge in [-0.1, -0.05) is 26.2 Å². The molecular formula is C24H42N2O7S. The van der Waals surface area contributed by atoms with E-state index in [1.54, 1.807) is 27.7 Å². The number of carbonyl (C=O) groups is 4. The third-order valence-electron chi connectivity index (χ3n) is 5.73. The van der Waals surface area contributed by atoms with Crippen molar-refractivity contribution < 1.29 is 33.8 Å². The van der Waals surface area contributed by atoms with Crippen LogP contribution in [0, 0.1) is 0 Å². The van der Waals surface area contributed by atoms with Gasteiger partial charge in [-0.3, -0.25) is 19.3 Å². The number of esters is 2. The number of ketones is 1. The van der Waals surface area contributed by atoms with Crippen LogP contribution in [0.15, 0.2) is 0 Å². The second kappa shape index (κ2) is 13.4. The molecule has 0 aromatic heterocycles. The fourth-order valence-corrected chi connectivity index (χ4v) is 5.43. The molecule has 1 aliphatic rings. The number of ether oxygens (including phenoxy) is 2. The Balaban J connectivity index is 3.25. The maximum absolute atomic E-state index is 13.0. The predicted octanol–water partition coefficient (Wildman–Crippen LogP) is 2.78. The maximum Gasteiger partial charge on any atom is 0.332 e. The molecule has 9 nitrogen and oxygen atoms in total. The van der Waals surface area contributed by atoms with Gasteiger partial charge in [0.05, 0.1) is 12.6 Å². The third kappa shape index (κ3) is 7.95. The summed E-state index contributed by atoms with van der Waals surface area (Å²) in [7, 11) is 0. The van der Waals surface area contributed by atoms with E-state index in [4.69, 9.17) is 15.2 Å². The van der Waals surface area contributed by atoms with Gasteiger partial charge in [-0.2, -0.15) is 0 Å².